The summed E-state index contributed by atoms with van der Waals surface area (Å²) in [5, 5.41) is 0. The van der Waals surface area contributed by atoms with Gasteiger partial charge in [0.1, 0.15) is 5.82 Å². The standard InChI is InChI=1S/C16H26N4/c17-16-5-3-4-15(18-16)13-20-10-6-14(7-11-20)12-19-8-1-2-9-19/h3-5,14H,1-2,6-13H2,(H2,17,18). The van der Waals surface area contributed by atoms with Crippen LogP contribution >= 0.6 is 0 Å². The molecule has 1 aromatic heterocycles. The van der Waals surface area contributed by atoms with Gasteiger partial charge < -0.3 is 10.6 Å². The van der Waals surface area contributed by atoms with Crippen LogP contribution in [0, 0.1) is 5.92 Å². The summed E-state index contributed by atoms with van der Waals surface area (Å²) in [6.45, 7) is 7.33. The fourth-order valence-corrected chi connectivity index (χ4v) is 3.47. The van der Waals surface area contributed by atoms with E-state index in [4.69, 9.17) is 5.73 Å². The molecule has 110 valence electrons. The van der Waals surface area contributed by atoms with E-state index in [0.717, 1.165) is 18.2 Å². The SMILES string of the molecule is Nc1cccc(CN2CCC(CN3CCCC3)CC2)n1. The van der Waals surface area contributed by atoms with E-state index in [1.54, 1.807) is 0 Å². The summed E-state index contributed by atoms with van der Waals surface area (Å²) in [5.41, 5.74) is 6.84. The van der Waals surface area contributed by atoms with Crippen molar-refractivity contribution < 1.29 is 0 Å². The molecule has 3 heterocycles. The number of nitrogen functional groups attached to an aromatic ring is 1. The number of aromatic nitrogens is 1. The Bertz CT molecular complexity index is 420. The molecule has 0 saturated carbocycles. The van der Waals surface area contributed by atoms with Crippen molar-refractivity contribution >= 4 is 5.82 Å². The molecule has 0 spiro atoms. The molecule has 0 aromatic carbocycles. The summed E-state index contributed by atoms with van der Waals surface area (Å²) in [5.74, 6) is 1.53. The van der Waals surface area contributed by atoms with Crippen LogP contribution in [-0.2, 0) is 6.54 Å². The molecular weight excluding hydrogens is 248 g/mol. The lowest BCUT2D eigenvalue weighted by molar-refractivity contribution is 0.148. The maximum absolute atomic E-state index is 5.74. The van der Waals surface area contributed by atoms with Crippen LogP contribution in [-0.4, -0.2) is 47.5 Å². The molecule has 2 aliphatic heterocycles. The molecule has 2 aliphatic rings. The van der Waals surface area contributed by atoms with Crippen LogP contribution in [0.2, 0.25) is 0 Å². The van der Waals surface area contributed by atoms with Crippen molar-refractivity contribution in [2.24, 2.45) is 5.92 Å². The third-order valence-corrected chi connectivity index (χ3v) is 4.64. The second-order valence-electron chi connectivity index (χ2n) is 6.28. The molecule has 1 aromatic rings. The van der Waals surface area contributed by atoms with Gasteiger partial charge in [-0.15, -0.1) is 0 Å². The van der Waals surface area contributed by atoms with Crippen LogP contribution in [0.4, 0.5) is 5.82 Å². The second-order valence-corrected chi connectivity index (χ2v) is 6.28. The zero-order valence-corrected chi connectivity index (χ0v) is 12.3. The number of hydrogen-bond donors (Lipinski definition) is 1. The average Bonchev–Trinajstić information content (AvgIpc) is 2.94. The predicted molar refractivity (Wildman–Crippen MR) is 82.3 cm³/mol. The first kappa shape index (κ1) is 13.8. The Balaban J connectivity index is 1.43. The van der Waals surface area contributed by atoms with Gasteiger partial charge >= 0.3 is 0 Å². The first-order valence-electron chi connectivity index (χ1n) is 7.96. The molecule has 2 saturated heterocycles. The van der Waals surface area contributed by atoms with Gasteiger partial charge in [0.2, 0.25) is 0 Å². The Labute approximate surface area is 122 Å². The van der Waals surface area contributed by atoms with E-state index in [9.17, 15) is 0 Å². The minimum Gasteiger partial charge on any atom is -0.384 e. The number of rotatable bonds is 4. The summed E-state index contributed by atoms with van der Waals surface area (Å²) in [4.78, 5) is 9.57. The maximum atomic E-state index is 5.74. The minimum atomic E-state index is 0.631. The Hall–Kier alpha value is -1.13. The monoisotopic (exact) mass is 274 g/mol. The first-order chi connectivity index (χ1) is 9.79. The van der Waals surface area contributed by atoms with Crippen LogP contribution < -0.4 is 5.73 Å². The highest BCUT2D eigenvalue weighted by Gasteiger charge is 2.22. The molecule has 4 heteroatoms. The Morgan fingerprint density at radius 3 is 2.50 bits per heavy atom. The highest BCUT2D eigenvalue weighted by Crippen LogP contribution is 2.21. The van der Waals surface area contributed by atoms with Crippen molar-refractivity contribution in [2.45, 2.75) is 32.2 Å². The zero-order chi connectivity index (χ0) is 13.8. The fourth-order valence-electron chi connectivity index (χ4n) is 3.47. The van der Waals surface area contributed by atoms with Gasteiger partial charge in [-0.05, 0) is 69.9 Å². The Morgan fingerprint density at radius 2 is 1.80 bits per heavy atom. The topological polar surface area (TPSA) is 45.4 Å². The van der Waals surface area contributed by atoms with E-state index in [1.165, 1.54) is 58.4 Å². The van der Waals surface area contributed by atoms with E-state index in [1.807, 2.05) is 12.1 Å². The minimum absolute atomic E-state index is 0.631. The van der Waals surface area contributed by atoms with Crippen LogP contribution in [0.25, 0.3) is 0 Å². The number of nitrogens with zero attached hydrogens (tertiary/aromatic N) is 3. The summed E-state index contributed by atoms with van der Waals surface area (Å²) in [6.07, 6.45) is 5.47. The van der Waals surface area contributed by atoms with Crippen molar-refractivity contribution in [3.05, 3.63) is 23.9 Å². The van der Waals surface area contributed by atoms with Gasteiger partial charge in [0.05, 0.1) is 5.69 Å². The van der Waals surface area contributed by atoms with Crippen LogP contribution in [0.1, 0.15) is 31.4 Å². The molecule has 0 amide bonds. The lowest BCUT2D eigenvalue weighted by Gasteiger charge is -2.33. The fraction of sp³-hybridized carbons (Fsp3) is 0.688. The lowest BCUT2D eigenvalue weighted by atomic mass is 9.96. The van der Waals surface area contributed by atoms with Gasteiger partial charge in [-0.1, -0.05) is 6.07 Å². The van der Waals surface area contributed by atoms with Gasteiger partial charge in [0.25, 0.3) is 0 Å². The van der Waals surface area contributed by atoms with E-state index in [-0.39, 0.29) is 0 Å². The van der Waals surface area contributed by atoms with Crippen molar-refractivity contribution in [3.63, 3.8) is 0 Å². The molecule has 3 rings (SSSR count). The first-order valence-corrected chi connectivity index (χ1v) is 7.96. The normalized spacial score (nSPS) is 22.4. The van der Waals surface area contributed by atoms with Gasteiger partial charge in [0, 0.05) is 13.1 Å². The molecule has 4 nitrogen and oxygen atoms in total. The van der Waals surface area contributed by atoms with Crippen molar-refractivity contribution in [1.29, 1.82) is 0 Å². The molecule has 2 fully saturated rings. The predicted octanol–water partition coefficient (Wildman–Crippen LogP) is 1.97. The van der Waals surface area contributed by atoms with Gasteiger partial charge in [-0.25, -0.2) is 4.98 Å². The van der Waals surface area contributed by atoms with E-state index >= 15 is 0 Å². The highest BCUT2D eigenvalue weighted by molar-refractivity contribution is 5.28. The van der Waals surface area contributed by atoms with Crippen LogP contribution in [0.15, 0.2) is 18.2 Å². The largest absolute Gasteiger partial charge is 0.384 e. The number of anilines is 1. The van der Waals surface area contributed by atoms with Gasteiger partial charge in [-0.2, -0.15) is 0 Å². The highest BCUT2D eigenvalue weighted by atomic mass is 15.2. The molecule has 2 N–H and O–H groups in total. The number of piperidine rings is 1. The number of hydrogen-bond acceptors (Lipinski definition) is 4. The third kappa shape index (κ3) is 3.70. The van der Waals surface area contributed by atoms with Crippen molar-refractivity contribution in [3.8, 4) is 0 Å². The van der Waals surface area contributed by atoms with Gasteiger partial charge in [0.15, 0.2) is 0 Å². The summed E-state index contributed by atoms with van der Waals surface area (Å²) in [6, 6.07) is 5.93. The third-order valence-electron chi connectivity index (χ3n) is 4.64. The van der Waals surface area contributed by atoms with Crippen LogP contribution in [0.5, 0.6) is 0 Å². The summed E-state index contributed by atoms with van der Waals surface area (Å²) < 4.78 is 0. The Kier molecular flexibility index (Phi) is 4.53. The number of likely N-dealkylation sites (tertiary alicyclic amines) is 2. The van der Waals surface area contributed by atoms with Crippen molar-refractivity contribution in [1.82, 2.24) is 14.8 Å². The second kappa shape index (κ2) is 6.55. The molecule has 0 atom stereocenters. The smallest absolute Gasteiger partial charge is 0.123 e. The number of pyridine rings is 1. The Morgan fingerprint density at radius 1 is 1.05 bits per heavy atom. The molecule has 20 heavy (non-hydrogen) atoms. The van der Waals surface area contributed by atoms with Crippen molar-refractivity contribution in [2.75, 3.05) is 38.5 Å². The molecule has 0 aliphatic carbocycles. The zero-order valence-electron chi connectivity index (χ0n) is 12.3. The van der Waals surface area contributed by atoms with E-state index < -0.39 is 0 Å². The molecule has 0 radical (unpaired) electrons. The molecule has 0 bridgehead atoms. The van der Waals surface area contributed by atoms with Crippen LogP contribution in [0.3, 0.4) is 0 Å². The van der Waals surface area contributed by atoms with E-state index in [2.05, 4.69) is 20.9 Å². The molecule has 0 unspecified atom stereocenters. The van der Waals surface area contributed by atoms with E-state index in [0.29, 0.717) is 5.82 Å². The van der Waals surface area contributed by atoms with Gasteiger partial charge in [-0.3, -0.25) is 4.90 Å². The molecular formula is C16H26N4. The quantitative estimate of drug-likeness (QED) is 0.912. The summed E-state index contributed by atoms with van der Waals surface area (Å²) >= 11 is 0. The average molecular weight is 274 g/mol. The summed E-state index contributed by atoms with van der Waals surface area (Å²) in [7, 11) is 0. The maximum Gasteiger partial charge on any atom is 0.123 e. The number of nitrogens with two attached hydrogens (primary N) is 1. The lowest BCUT2D eigenvalue weighted by Crippen LogP contribution is -2.37.